The maximum absolute atomic E-state index is 12.5. The number of likely N-dealkylation sites (tertiary alicyclic amines) is 1. The van der Waals surface area contributed by atoms with Gasteiger partial charge in [-0.25, -0.2) is 9.97 Å². The van der Waals surface area contributed by atoms with Gasteiger partial charge in [0.15, 0.2) is 0 Å². The van der Waals surface area contributed by atoms with Gasteiger partial charge in [0.25, 0.3) is 5.91 Å². The van der Waals surface area contributed by atoms with E-state index in [2.05, 4.69) is 16.0 Å². The van der Waals surface area contributed by atoms with Crippen LogP contribution in [0.3, 0.4) is 0 Å². The summed E-state index contributed by atoms with van der Waals surface area (Å²) in [5.41, 5.74) is 2.62. The van der Waals surface area contributed by atoms with Crippen molar-refractivity contribution in [2.24, 2.45) is 5.41 Å². The van der Waals surface area contributed by atoms with E-state index >= 15 is 0 Å². The van der Waals surface area contributed by atoms with Gasteiger partial charge in [0, 0.05) is 24.7 Å². The molecule has 4 rings (SSSR count). The maximum atomic E-state index is 12.5. The number of carbonyl (C=O) groups excluding carboxylic acids is 1. The molecule has 0 N–H and O–H groups in total. The van der Waals surface area contributed by atoms with Gasteiger partial charge >= 0.3 is 0 Å². The molecule has 22 heavy (non-hydrogen) atoms. The molecule has 0 saturated carbocycles. The number of hydrogen-bond donors (Lipinski definition) is 0. The number of nitrogens with zero attached hydrogens (tertiary/aromatic N) is 3. The van der Waals surface area contributed by atoms with Gasteiger partial charge in [0.05, 0.1) is 17.9 Å². The predicted octanol–water partition coefficient (Wildman–Crippen LogP) is 1.86. The number of ether oxygens (including phenoxy) is 1. The van der Waals surface area contributed by atoms with E-state index in [4.69, 9.17) is 4.74 Å². The highest BCUT2D eigenvalue weighted by Crippen LogP contribution is 2.41. The molecule has 0 aliphatic carbocycles. The van der Waals surface area contributed by atoms with E-state index < -0.39 is 0 Å². The maximum Gasteiger partial charge on any atom is 0.257 e. The SMILES string of the molecule is Cc1ncncc1C(=O)N1CC2(COc3ccccc3C2)C1. The van der Waals surface area contributed by atoms with Gasteiger partial charge in [-0.1, -0.05) is 18.2 Å². The Morgan fingerprint density at radius 2 is 2.14 bits per heavy atom. The van der Waals surface area contributed by atoms with E-state index in [1.807, 2.05) is 30.0 Å². The summed E-state index contributed by atoms with van der Waals surface area (Å²) in [7, 11) is 0. The summed E-state index contributed by atoms with van der Waals surface area (Å²) < 4.78 is 5.88. The van der Waals surface area contributed by atoms with Crippen molar-refractivity contribution in [2.45, 2.75) is 13.3 Å². The van der Waals surface area contributed by atoms with Crippen molar-refractivity contribution in [2.75, 3.05) is 19.7 Å². The van der Waals surface area contributed by atoms with Gasteiger partial charge in [-0.15, -0.1) is 0 Å². The molecular formula is C17H17N3O2. The lowest BCUT2D eigenvalue weighted by molar-refractivity contribution is -0.0291. The Morgan fingerprint density at radius 3 is 2.95 bits per heavy atom. The van der Waals surface area contributed by atoms with E-state index in [0.717, 1.165) is 31.0 Å². The first-order valence-electron chi connectivity index (χ1n) is 7.43. The number of rotatable bonds is 1. The molecule has 1 aromatic heterocycles. The van der Waals surface area contributed by atoms with Crippen molar-refractivity contribution in [1.82, 2.24) is 14.9 Å². The summed E-state index contributed by atoms with van der Waals surface area (Å²) in [4.78, 5) is 22.4. The molecular weight excluding hydrogens is 278 g/mol. The molecule has 0 unspecified atom stereocenters. The number of amides is 1. The fourth-order valence-corrected chi connectivity index (χ4v) is 3.36. The minimum Gasteiger partial charge on any atom is -0.493 e. The smallest absolute Gasteiger partial charge is 0.257 e. The van der Waals surface area contributed by atoms with Crippen molar-refractivity contribution in [3.63, 3.8) is 0 Å². The lowest BCUT2D eigenvalue weighted by Gasteiger charge is -2.51. The molecule has 5 heteroatoms. The number of aromatic nitrogens is 2. The third-order valence-electron chi connectivity index (χ3n) is 4.55. The minimum absolute atomic E-state index is 0.0163. The Hall–Kier alpha value is -2.43. The molecule has 2 aliphatic heterocycles. The van der Waals surface area contributed by atoms with E-state index in [9.17, 15) is 4.79 Å². The summed E-state index contributed by atoms with van der Waals surface area (Å²) in [6.07, 6.45) is 4.04. The number of hydrogen-bond acceptors (Lipinski definition) is 4. The zero-order valence-corrected chi connectivity index (χ0v) is 12.5. The van der Waals surface area contributed by atoms with E-state index in [1.54, 1.807) is 6.20 Å². The quantitative estimate of drug-likeness (QED) is 0.806. The second-order valence-corrected chi connectivity index (χ2v) is 6.26. The highest BCUT2D eigenvalue weighted by Gasteiger charge is 2.48. The highest BCUT2D eigenvalue weighted by atomic mass is 16.5. The number of benzene rings is 1. The van der Waals surface area contributed by atoms with Crippen LogP contribution in [0.2, 0.25) is 0 Å². The van der Waals surface area contributed by atoms with Gasteiger partial charge in [0.2, 0.25) is 0 Å². The first kappa shape index (κ1) is 13.2. The van der Waals surface area contributed by atoms with Gasteiger partial charge in [-0.05, 0) is 25.0 Å². The normalized spacial score (nSPS) is 18.3. The minimum atomic E-state index is 0.0163. The number of para-hydroxylation sites is 1. The second kappa shape index (κ2) is 4.80. The van der Waals surface area contributed by atoms with Crippen molar-refractivity contribution in [3.8, 4) is 5.75 Å². The van der Waals surface area contributed by atoms with Crippen LogP contribution in [0.1, 0.15) is 21.6 Å². The largest absolute Gasteiger partial charge is 0.493 e. The Morgan fingerprint density at radius 1 is 1.32 bits per heavy atom. The van der Waals surface area contributed by atoms with Gasteiger partial charge in [0.1, 0.15) is 12.1 Å². The lowest BCUT2D eigenvalue weighted by atomic mass is 9.73. The van der Waals surface area contributed by atoms with Gasteiger partial charge < -0.3 is 9.64 Å². The Bertz CT molecular complexity index is 738. The van der Waals surface area contributed by atoms with Crippen LogP contribution < -0.4 is 4.74 Å². The molecule has 5 nitrogen and oxygen atoms in total. The predicted molar refractivity (Wildman–Crippen MR) is 80.7 cm³/mol. The average Bonchev–Trinajstić information content (AvgIpc) is 2.52. The van der Waals surface area contributed by atoms with Crippen LogP contribution in [0.5, 0.6) is 5.75 Å². The lowest BCUT2D eigenvalue weighted by Crippen LogP contribution is -2.62. The standard InChI is InChI=1S/C17H17N3O2/c1-12-14(7-18-11-19-12)16(21)20-8-17(9-20)6-13-4-2-3-5-15(13)22-10-17/h2-5,7,11H,6,8-10H2,1H3. The van der Waals surface area contributed by atoms with Gasteiger partial charge in [-0.3, -0.25) is 4.79 Å². The van der Waals surface area contributed by atoms with Crippen LogP contribution in [0.15, 0.2) is 36.8 Å². The number of fused-ring (bicyclic) bond motifs is 1. The number of carbonyl (C=O) groups is 1. The van der Waals surface area contributed by atoms with Crippen molar-refractivity contribution < 1.29 is 9.53 Å². The molecule has 0 bridgehead atoms. The Balaban J connectivity index is 1.49. The van der Waals surface area contributed by atoms with E-state index in [1.165, 1.54) is 11.9 Å². The zero-order valence-electron chi connectivity index (χ0n) is 12.5. The summed E-state index contributed by atoms with van der Waals surface area (Å²) in [5.74, 6) is 0.993. The first-order chi connectivity index (χ1) is 10.7. The van der Waals surface area contributed by atoms with Crippen LogP contribution in [0, 0.1) is 12.3 Å². The fourth-order valence-electron chi connectivity index (χ4n) is 3.36. The molecule has 0 radical (unpaired) electrons. The summed E-state index contributed by atoms with van der Waals surface area (Å²) in [6, 6.07) is 8.14. The molecule has 2 aliphatic rings. The van der Waals surface area contributed by atoms with E-state index in [-0.39, 0.29) is 11.3 Å². The van der Waals surface area contributed by atoms with Crippen LogP contribution >= 0.6 is 0 Å². The van der Waals surface area contributed by atoms with Crippen molar-refractivity contribution >= 4 is 5.91 Å². The molecule has 1 spiro atoms. The third kappa shape index (κ3) is 2.04. The summed E-state index contributed by atoms with van der Waals surface area (Å²) >= 11 is 0. The molecule has 2 aromatic rings. The molecule has 1 aromatic carbocycles. The molecule has 0 atom stereocenters. The summed E-state index contributed by atoms with van der Waals surface area (Å²) in [6.45, 7) is 3.98. The van der Waals surface area contributed by atoms with Crippen molar-refractivity contribution in [1.29, 1.82) is 0 Å². The van der Waals surface area contributed by atoms with E-state index in [0.29, 0.717) is 12.2 Å². The fraction of sp³-hybridized carbons (Fsp3) is 0.353. The van der Waals surface area contributed by atoms with Crippen LogP contribution in [0.4, 0.5) is 0 Å². The summed E-state index contributed by atoms with van der Waals surface area (Å²) in [5, 5.41) is 0. The third-order valence-corrected chi connectivity index (χ3v) is 4.55. The van der Waals surface area contributed by atoms with Crippen LogP contribution in [-0.2, 0) is 6.42 Å². The Kier molecular flexibility index (Phi) is 2.89. The highest BCUT2D eigenvalue weighted by molar-refractivity contribution is 5.95. The van der Waals surface area contributed by atoms with Crippen molar-refractivity contribution in [3.05, 3.63) is 53.6 Å². The first-order valence-corrected chi connectivity index (χ1v) is 7.43. The topological polar surface area (TPSA) is 55.3 Å². The van der Waals surface area contributed by atoms with Crippen LogP contribution in [-0.4, -0.2) is 40.5 Å². The molecule has 1 fully saturated rings. The molecule has 1 amide bonds. The monoisotopic (exact) mass is 295 g/mol. The molecule has 1 saturated heterocycles. The average molecular weight is 295 g/mol. The molecule has 112 valence electrons. The zero-order chi connectivity index (χ0) is 15.2. The molecule has 3 heterocycles. The second-order valence-electron chi connectivity index (χ2n) is 6.26. The van der Waals surface area contributed by atoms with Crippen LogP contribution in [0.25, 0.3) is 0 Å². The Labute approximate surface area is 129 Å². The number of aryl methyl sites for hydroxylation is 1. The van der Waals surface area contributed by atoms with Gasteiger partial charge in [-0.2, -0.15) is 0 Å².